The van der Waals surface area contributed by atoms with Crippen LogP contribution in [0, 0.1) is 11.8 Å². The van der Waals surface area contributed by atoms with Crippen molar-refractivity contribution in [2.24, 2.45) is 11.8 Å². The van der Waals surface area contributed by atoms with Gasteiger partial charge >= 0.3 is 0 Å². The molecule has 0 spiro atoms. The van der Waals surface area contributed by atoms with E-state index in [2.05, 4.69) is 32.6 Å². The first-order chi connectivity index (χ1) is 9.06. The maximum Gasteiger partial charge on any atom is 0.185 e. The van der Waals surface area contributed by atoms with Gasteiger partial charge in [-0.15, -0.1) is 0 Å². The Balaban J connectivity index is 2.15. The molecule has 1 aliphatic heterocycles. The van der Waals surface area contributed by atoms with Crippen LogP contribution in [0.4, 0.5) is 5.13 Å². The van der Waals surface area contributed by atoms with Crippen molar-refractivity contribution in [3.8, 4) is 0 Å². The lowest BCUT2D eigenvalue weighted by atomic mass is 9.95. The zero-order chi connectivity index (χ0) is 14.0. The van der Waals surface area contributed by atoms with Gasteiger partial charge in [0.25, 0.3) is 0 Å². The third-order valence-corrected chi connectivity index (χ3v) is 5.49. The Morgan fingerprint density at radius 3 is 2.68 bits per heavy atom. The molecule has 19 heavy (non-hydrogen) atoms. The summed E-state index contributed by atoms with van der Waals surface area (Å²) in [7, 11) is 0. The lowest BCUT2D eigenvalue weighted by Crippen LogP contribution is -2.21. The maximum atomic E-state index is 9.51. The van der Waals surface area contributed by atoms with E-state index in [9.17, 15) is 5.11 Å². The van der Waals surface area contributed by atoms with Crippen molar-refractivity contribution in [3.05, 3.63) is 10.6 Å². The van der Waals surface area contributed by atoms with Crippen LogP contribution in [0.2, 0.25) is 0 Å². The first kappa shape index (κ1) is 14.8. The molecule has 1 N–H and O–H groups in total. The molecule has 2 rings (SSSR count). The van der Waals surface area contributed by atoms with E-state index in [0.29, 0.717) is 5.92 Å². The number of aliphatic hydroxyl groups is 1. The normalized spacial score (nSPS) is 21.4. The van der Waals surface area contributed by atoms with Crippen LogP contribution in [0.1, 0.15) is 57.0 Å². The maximum absolute atomic E-state index is 9.51. The zero-order valence-corrected chi connectivity index (χ0v) is 13.3. The molecule has 2 atom stereocenters. The summed E-state index contributed by atoms with van der Waals surface area (Å²) >= 11 is 1.68. The Morgan fingerprint density at radius 2 is 2.16 bits per heavy atom. The van der Waals surface area contributed by atoms with Gasteiger partial charge in [-0.05, 0) is 30.6 Å². The summed E-state index contributed by atoms with van der Waals surface area (Å²) < 4.78 is 0. The molecular formula is C15H26N2OS. The van der Waals surface area contributed by atoms with E-state index in [1.807, 2.05) is 0 Å². The summed E-state index contributed by atoms with van der Waals surface area (Å²) in [6.45, 7) is 11.3. The Hall–Kier alpha value is -0.610. The van der Waals surface area contributed by atoms with Crippen molar-refractivity contribution in [2.75, 3.05) is 18.0 Å². The molecule has 1 aliphatic rings. The third kappa shape index (κ3) is 3.11. The van der Waals surface area contributed by atoms with Crippen LogP contribution in [0.15, 0.2) is 0 Å². The van der Waals surface area contributed by atoms with Crippen LogP contribution in [-0.4, -0.2) is 23.2 Å². The number of anilines is 1. The third-order valence-electron chi connectivity index (χ3n) is 4.38. The van der Waals surface area contributed by atoms with Gasteiger partial charge in [0.1, 0.15) is 0 Å². The quantitative estimate of drug-likeness (QED) is 0.896. The molecule has 0 radical (unpaired) electrons. The highest BCUT2D eigenvalue weighted by atomic mass is 32.1. The summed E-state index contributed by atoms with van der Waals surface area (Å²) in [5.74, 6) is 1.97. The highest BCUT2D eigenvalue weighted by molar-refractivity contribution is 7.15. The fourth-order valence-corrected chi connectivity index (χ4v) is 3.76. The van der Waals surface area contributed by atoms with Gasteiger partial charge in [0.05, 0.1) is 17.2 Å². The monoisotopic (exact) mass is 282 g/mol. The molecule has 0 bridgehead atoms. The van der Waals surface area contributed by atoms with E-state index in [4.69, 9.17) is 4.98 Å². The first-order valence-corrected chi connectivity index (χ1v) is 8.23. The van der Waals surface area contributed by atoms with Crippen LogP contribution in [0.5, 0.6) is 0 Å². The van der Waals surface area contributed by atoms with E-state index >= 15 is 0 Å². The van der Waals surface area contributed by atoms with Crippen LogP contribution >= 0.6 is 11.3 Å². The number of nitrogens with zero attached hydrogens (tertiary/aromatic N) is 2. The van der Waals surface area contributed by atoms with Crippen LogP contribution in [0.3, 0.4) is 0 Å². The SMILES string of the molecule is CCC(C)c1nc(N2CCC(C(C)C)C2)sc1CO. The van der Waals surface area contributed by atoms with Crippen molar-refractivity contribution in [3.63, 3.8) is 0 Å². The Morgan fingerprint density at radius 1 is 1.42 bits per heavy atom. The average molecular weight is 282 g/mol. The molecule has 1 aromatic rings. The molecule has 4 heteroatoms. The molecule has 0 aromatic carbocycles. The smallest absolute Gasteiger partial charge is 0.185 e. The van der Waals surface area contributed by atoms with Gasteiger partial charge in [-0.3, -0.25) is 0 Å². The first-order valence-electron chi connectivity index (χ1n) is 7.42. The molecule has 2 unspecified atom stereocenters. The Kier molecular flexibility index (Phi) is 4.85. The minimum Gasteiger partial charge on any atom is -0.391 e. The van der Waals surface area contributed by atoms with E-state index in [1.165, 1.54) is 6.42 Å². The van der Waals surface area contributed by atoms with Crippen molar-refractivity contribution < 1.29 is 5.11 Å². The van der Waals surface area contributed by atoms with Crippen molar-refractivity contribution in [2.45, 2.75) is 53.1 Å². The molecule has 108 valence electrons. The lowest BCUT2D eigenvalue weighted by molar-refractivity contribution is 0.283. The molecular weight excluding hydrogens is 256 g/mol. The summed E-state index contributed by atoms with van der Waals surface area (Å²) in [4.78, 5) is 8.27. The zero-order valence-electron chi connectivity index (χ0n) is 12.5. The minimum absolute atomic E-state index is 0.124. The number of rotatable bonds is 5. The van der Waals surface area contributed by atoms with Gasteiger partial charge in [-0.25, -0.2) is 4.98 Å². The predicted molar refractivity (Wildman–Crippen MR) is 81.9 cm³/mol. The van der Waals surface area contributed by atoms with Gasteiger partial charge in [0.15, 0.2) is 5.13 Å². The van der Waals surface area contributed by atoms with Gasteiger partial charge < -0.3 is 10.0 Å². The van der Waals surface area contributed by atoms with E-state index in [0.717, 1.165) is 47.0 Å². The fourth-order valence-electron chi connectivity index (χ4n) is 2.68. The molecule has 0 saturated carbocycles. The van der Waals surface area contributed by atoms with Crippen LogP contribution < -0.4 is 4.90 Å². The standard InChI is InChI=1S/C15H26N2OS/c1-5-11(4)14-13(9-18)19-15(16-14)17-7-6-12(8-17)10(2)3/h10-12,18H,5-9H2,1-4H3. The van der Waals surface area contributed by atoms with Crippen LogP contribution in [0.25, 0.3) is 0 Å². The largest absolute Gasteiger partial charge is 0.391 e. The van der Waals surface area contributed by atoms with Gasteiger partial charge in [0.2, 0.25) is 0 Å². The Labute approximate surface area is 120 Å². The van der Waals surface area contributed by atoms with Gasteiger partial charge in [-0.2, -0.15) is 0 Å². The average Bonchev–Trinajstić information content (AvgIpc) is 3.03. The van der Waals surface area contributed by atoms with E-state index in [-0.39, 0.29) is 6.61 Å². The number of aliphatic hydroxyl groups excluding tert-OH is 1. The Bertz CT molecular complexity index is 416. The van der Waals surface area contributed by atoms with Gasteiger partial charge in [-0.1, -0.05) is 39.0 Å². The lowest BCUT2D eigenvalue weighted by Gasteiger charge is -2.17. The second kappa shape index (κ2) is 6.23. The number of hydrogen-bond acceptors (Lipinski definition) is 4. The second-order valence-electron chi connectivity index (χ2n) is 6.01. The van der Waals surface area contributed by atoms with Gasteiger partial charge in [0, 0.05) is 13.1 Å². The fraction of sp³-hybridized carbons (Fsp3) is 0.800. The molecule has 1 saturated heterocycles. The summed E-state index contributed by atoms with van der Waals surface area (Å²) in [6.07, 6.45) is 2.34. The van der Waals surface area contributed by atoms with E-state index < -0.39 is 0 Å². The second-order valence-corrected chi connectivity index (χ2v) is 7.07. The summed E-state index contributed by atoms with van der Waals surface area (Å²) in [5, 5.41) is 10.6. The highest BCUT2D eigenvalue weighted by Crippen LogP contribution is 2.35. The molecule has 3 nitrogen and oxygen atoms in total. The van der Waals surface area contributed by atoms with Crippen molar-refractivity contribution in [1.29, 1.82) is 0 Å². The number of thiazole rings is 1. The van der Waals surface area contributed by atoms with E-state index in [1.54, 1.807) is 11.3 Å². The summed E-state index contributed by atoms with van der Waals surface area (Å²) in [5.41, 5.74) is 1.11. The highest BCUT2D eigenvalue weighted by Gasteiger charge is 2.28. The van der Waals surface area contributed by atoms with Crippen LogP contribution in [-0.2, 0) is 6.61 Å². The summed E-state index contributed by atoms with van der Waals surface area (Å²) in [6, 6.07) is 0. The molecule has 0 amide bonds. The predicted octanol–water partition coefficient (Wildman–Crippen LogP) is 3.63. The van der Waals surface area contributed by atoms with Crippen molar-refractivity contribution in [1.82, 2.24) is 4.98 Å². The number of aromatic nitrogens is 1. The molecule has 1 fully saturated rings. The number of hydrogen-bond donors (Lipinski definition) is 1. The molecule has 0 aliphatic carbocycles. The topological polar surface area (TPSA) is 36.4 Å². The molecule has 2 heterocycles. The van der Waals surface area contributed by atoms with Crippen molar-refractivity contribution >= 4 is 16.5 Å². The minimum atomic E-state index is 0.124. The molecule has 1 aromatic heterocycles.